The summed E-state index contributed by atoms with van der Waals surface area (Å²) >= 11 is 0. The lowest BCUT2D eigenvalue weighted by molar-refractivity contribution is -0.265. The third-order valence-corrected chi connectivity index (χ3v) is 17.7. The second-order valence-electron chi connectivity index (χ2n) is 24.3. The number of Topliss-reactive ketones (excluding diaryl/α,β-unsaturated/α-hetero) is 2. The summed E-state index contributed by atoms with van der Waals surface area (Å²) in [7, 11) is 6.16. The minimum atomic E-state index is -2.44. The van der Waals surface area contributed by atoms with E-state index in [1.807, 2.05) is 71.1 Å². The molecule has 1 saturated carbocycles. The van der Waals surface area contributed by atoms with Crippen LogP contribution in [0.1, 0.15) is 156 Å². The molecular formula is C65H100N4O16. The summed E-state index contributed by atoms with van der Waals surface area (Å²) < 4.78 is 48.1. The molecule has 5 rings (SSSR count). The molecule has 3 N–H and O–H groups in total. The maximum Gasteiger partial charge on any atom is 0.329 e. The Bertz CT molecular complexity index is 2450. The molecule has 1 aromatic heterocycles. The van der Waals surface area contributed by atoms with E-state index in [4.69, 9.17) is 37.9 Å². The fourth-order valence-electron chi connectivity index (χ4n) is 12.3. The number of aliphatic hydroxyl groups excluding tert-OH is 1. The summed E-state index contributed by atoms with van der Waals surface area (Å²) in [6.07, 6.45) is 15.6. The number of piperidine rings is 1. The predicted octanol–water partition coefficient (Wildman–Crippen LogP) is 7.78. The summed E-state index contributed by atoms with van der Waals surface area (Å²) in [4.78, 5) is 92.6. The van der Waals surface area contributed by atoms with Crippen molar-refractivity contribution in [1.82, 2.24) is 20.2 Å². The van der Waals surface area contributed by atoms with Gasteiger partial charge in [-0.1, -0.05) is 71.1 Å². The molecule has 1 aromatic rings. The minimum absolute atomic E-state index is 0.0196. The van der Waals surface area contributed by atoms with Crippen LogP contribution in [0.5, 0.6) is 0 Å². The number of carbonyl (C=O) groups excluding carboxylic acids is 6. The van der Waals surface area contributed by atoms with Gasteiger partial charge in [0.15, 0.2) is 5.78 Å². The standard InChI is InChI=1S/C65H100N4O16/c1-40-19-14-13-15-20-41(2)53(78-9)35-50-25-23-46(7)65(77,85-50)62(74)63(75)69-28-17-16-21-51(69)64(76)84-55(36-54(79-10)42(3)32-45(6)60(73)61(81-12)59(72)44(5)31-40)43(4)33-48-24-26-52(56(34-48)80-11)83-58(71)22-18-29-82-30-27-57(70)68-39-49-37-66-47(8)67-38-49/h13-15,19-20,32,37-38,40,42-44,46,48,50-56,60-61,73,77H,16-18,21-31,33-36,39H2,1-12H3,(H,68,70)/b15-13+,19-14+,41-20+,45-32+/t40-,42-,43-,44?,46-,48+,50+,51+,52-,53+,54-,55+,56-,60-,61+,65-/m1/s1. The smallest absolute Gasteiger partial charge is 0.329 e. The van der Waals surface area contributed by atoms with E-state index in [1.54, 1.807) is 54.5 Å². The van der Waals surface area contributed by atoms with Crippen molar-refractivity contribution < 1.29 is 76.9 Å². The van der Waals surface area contributed by atoms with Crippen molar-refractivity contribution in [2.24, 2.45) is 35.5 Å². The van der Waals surface area contributed by atoms with Gasteiger partial charge in [-0.05, 0) is 120 Å². The van der Waals surface area contributed by atoms with E-state index in [-0.39, 0.29) is 86.8 Å². The van der Waals surface area contributed by atoms with Gasteiger partial charge in [0.25, 0.3) is 11.7 Å². The first kappa shape index (κ1) is 70.7. The molecule has 1 aliphatic carbocycles. The number of rotatable bonds is 17. The fraction of sp³-hybridized carbons (Fsp3) is 0.723. The summed E-state index contributed by atoms with van der Waals surface area (Å²) in [6.45, 7) is 15.8. The molecule has 1 unspecified atom stereocenters. The Kier molecular flexibility index (Phi) is 29.2. The van der Waals surface area contributed by atoms with Crippen molar-refractivity contribution in [1.29, 1.82) is 0 Å². The molecular weight excluding hydrogens is 1090 g/mol. The lowest BCUT2D eigenvalue weighted by atomic mass is 9.78. The number of esters is 2. The first-order chi connectivity index (χ1) is 40.5. The first-order valence-electron chi connectivity index (χ1n) is 30.8. The van der Waals surface area contributed by atoms with Gasteiger partial charge in [-0.3, -0.25) is 24.0 Å². The number of aliphatic hydroxyl groups is 2. The number of ether oxygens (including phenoxy) is 8. The zero-order valence-corrected chi connectivity index (χ0v) is 52.7. The van der Waals surface area contributed by atoms with Crippen LogP contribution in [-0.4, -0.2) is 169 Å². The highest BCUT2D eigenvalue weighted by Gasteiger charge is 2.53. The Morgan fingerprint density at radius 1 is 0.812 bits per heavy atom. The molecule has 20 heteroatoms. The number of nitrogens with one attached hydrogen (secondary N) is 1. The van der Waals surface area contributed by atoms with E-state index in [2.05, 4.69) is 15.3 Å². The number of carbonyl (C=O) groups is 6. The van der Waals surface area contributed by atoms with Crippen LogP contribution in [0.25, 0.3) is 0 Å². The van der Waals surface area contributed by atoms with Gasteiger partial charge in [-0.25, -0.2) is 14.8 Å². The van der Waals surface area contributed by atoms with Crippen LogP contribution >= 0.6 is 0 Å². The van der Waals surface area contributed by atoms with Gasteiger partial charge in [0.05, 0.1) is 31.0 Å². The van der Waals surface area contributed by atoms with E-state index in [0.717, 1.165) is 11.1 Å². The zero-order chi connectivity index (χ0) is 62.4. The normalized spacial score (nSPS) is 34.4. The number of cyclic esters (lactones) is 1. The van der Waals surface area contributed by atoms with E-state index in [1.165, 1.54) is 12.0 Å². The third-order valence-electron chi connectivity index (χ3n) is 17.7. The molecule has 0 aromatic carbocycles. The predicted molar refractivity (Wildman–Crippen MR) is 318 cm³/mol. The minimum Gasteiger partial charge on any atom is -0.460 e. The third kappa shape index (κ3) is 21.1. The highest BCUT2D eigenvalue weighted by molar-refractivity contribution is 6.39. The van der Waals surface area contributed by atoms with Crippen LogP contribution in [0, 0.1) is 42.4 Å². The highest BCUT2D eigenvalue weighted by atomic mass is 16.6. The van der Waals surface area contributed by atoms with Crippen molar-refractivity contribution in [2.45, 2.75) is 219 Å². The molecule has 20 nitrogen and oxygen atoms in total. The second kappa shape index (κ2) is 35.1. The lowest BCUT2D eigenvalue weighted by Gasteiger charge is -2.43. The highest BCUT2D eigenvalue weighted by Crippen LogP contribution is 2.39. The van der Waals surface area contributed by atoms with Crippen molar-refractivity contribution >= 4 is 35.3 Å². The topological polar surface area (TPSA) is 258 Å². The van der Waals surface area contributed by atoms with Crippen LogP contribution in [0.2, 0.25) is 0 Å². The summed E-state index contributed by atoms with van der Waals surface area (Å²) in [5.41, 5.74) is 2.18. The summed E-state index contributed by atoms with van der Waals surface area (Å²) in [5, 5.41) is 26.7. The molecule has 85 heavy (non-hydrogen) atoms. The van der Waals surface area contributed by atoms with Gasteiger partial charge < -0.3 is 58.3 Å². The SMILES string of the molecule is CO[C@H]1C[C@@H]2CC[C@@H](C)[C@@](O)(O2)C(=O)C(=O)N2CCCC[C@H]2C(=O)O[C@H]([C@H](C)C[C@@H]2CC[C@@H](OC(=O)CCCOCCC(=O)NCc3cnc(C)nc3)[C@H](OC)C2)C[C@@H](OC)[C@H](C)/C=C(\C)[C@@H](O)[C@@H](OC)C(=O)C(C)C[C@H](C)/C=C/C=C/C=C/1C. The van der Waals surface area contributed by atoms with Gasteiger partial charge in [0.2, 0.25) is 11.7 Å². The molecule has 4 heterocycles. The monoisotopic (exact) mass is 1190 g/mol. The van der Waals surface area contributed by atoms with Crippen LogP contribution in [0.3, 0.4) is 0 Å². The number of aryl methyl sites for hydroxylation is 1. The van der Waals surface area contributed by atoms with Crippen molar-refractivity contribution in [3.63, 3.8) is 0 Å². The summed E-state index contributed by atoms with van der Waals surface area (Å²) in [5.74, 6) is -7.09. The zero-order valence-electron chi connectivity index (χ0n) is 52.7. The molecule has 3 fully saturated rings. The number of ketones is 2. The molecule has 2 amide bonds. The maximum atomic E-state index is 14.8. The number of nitrogens with zero attached hydrogens (tertiary/aromatic N) is 3. The molecule has 16 atom stereocenters. The molecule has 0 spiro atoms. The van der Waals surface area contributed by atoms with Crippen molar-refractivity contribution in [3.05, 3.63) is 71.4 Å². The van der Waals surface area contributed by atoms with Gasteiger partial charge >= 0.3 is 11.9 Å². The van der Waals surface area contributed by atoms with Crippen molar-refractivity contribution in [2.75, 3.05) is 48.2 Å². The Morgan fingerprint density at radius 3 is 2.24 bits per heavy atom. The van der Waals surface area contributed by atoms with Crippen LogP contribution in [0.15, 0.2) is 60.0 Å². The van der Waals surface area contributed by atoms with E-state index >= 15 is 0 Å². The molecule has 2 saturated heterocycles. The average Bonchev–Trinajstić information content (AvgIpc) is 3.61. The largest absolute Gasteiger partial charge is 0.460 e. The van der Waals surface area contributed by atoms with Crippen LogP contribution in [0.4, 0.5) is 0 Å². The van der Waals surface area contributed by atoms with E-state index < -0.39 is 90.2 Å². The summed E-state index contributed by atoms with van der Waals surface area (Å²) in [6, 6.07) is -1.13. The number of hydrogen-bond acceptors (Lipinski definition) is 18. The van der Waals surface area contributed by atoms with Crippen molar-refractivity contribution in [3.8, 4) is 0 Å². The molecule has 2 bridgehead atoms. The Morgan fingerprint density at radius 2 is 1.54 bits per heavy atom. The molecule has 3 aliphatic heterocycles. The number of amides is 2. The fourth-order valence-corrected chi connectivity index (χ4v) is 12.3. The number of allylic oxidation sites excluding steroid dienone is 5. The maximum absolute atomic E-state index is 14.8. The molecule has 476 valence electrons. The van der Waals surface area contributed by atoms with Gasteiger partial charge in [0.1, 0.15) is 36.3 Å². The number of aromatic nitrogens is 2. The Labute approximate surface area is 504 Å². The molecule has 4 aliphatic rings. The van der Waals surface area contributed by atoms with Gasteiger partial charge in [-0.2, -0.15) is 0 Å². The first-order valence-corrected chi connectivity index (χ1v) is 30.8. The quantitative estimate of drug-likeness (QED) is 0.0582. The van der Waals surface area contributed by atoms with E-state index in [9.17, 15) is 39.0 Å². The lowest BCUT2D eigenvalue weighted by Crippen LogP contribution is -2.61. The second-order valence-corrected chi connectivity index (χ2v) is 24.3. The Balaban J connectivity index is 1.32. The molecule has 0 radical (unpaired) electrons. The van der Waals surface area contributed by atoms with Gasteiger partial charge in [-0.15, -0.1) is 0 Å². The average molecular weight is 1190 g/mol. The number of hydrogen-bond donors (Lipinski definition) is 3. The van der Waals surface area contributed by atoms with Crippen LogP contribution in [-0.2, 0) is 73.2 Å². The Hall–Kier alpha value is -5.06. The number of fused-ring (bicyclic) bond motifs is 3. The van der Waals surface area contributed by atoms with E-state index in [0.29, 0.717) is 88.6 Å². The number of methoxy groups -OCH3 is 4. The van der Waals surface area contributed by atoms with Gasteiger partial charge in [0, 0.05) is 110 Å². The van der Waals surface area contributed by atoms with Crippen LogP contribution < -0.4 is 5.32 Å².